The summed E-state index contributed by atoms with van der Waals surface area (Å²) in [6, 6.07) is 10.4. The summed E-state index contributed by atoms with van der Waals surface area (Å²) in [7, 11) is 1.58. The van der Waals surface area contributed by atoms with E-state index in [1.165, 1.54) is 0 Å². The second-order valence-electron chi connectivity index (χ2n) is 9.55. The summed E-state index contributed by atoms with van der Waals surface area (Å²) < 4.78 is 11.5. The summed E-state index contributed by atoms with van der Waals surface area (Å²) >= 11 is 0. The van der Waals surface area contributed by atoms with Gasteiger partial charge in [-0.25, -0.2) is 4.98 Å². The van der Waals surface area contributed by atoms with Crippen molar-refractivity contribution in [2.45, 2.75) is 58.2 Å². The van der Waals surface area contributed by atoms with Gasteiger partial charge in [-0.15, -0.1) is 0 Å². The van der Waals surface area contributed by atoms with Gasteiger partial charge in [0, 0.05) is 41.4 Å². The Morgan fingerprint density at radius 1 is 1.23 bits per heavy atom. The van der Waals surface area contributed by atoms with E-state index >= 15 is 0 Å². The minimum absolute atomic E-state index is 0.00177. The van der Waals surface area contributed by atoms with Gasteiger partial charge >= 0.3 is 0 Å². The lowest BCUT2D eigenvalue weighted by molar-refractivity contribution is -0.138. The van der Waals surface area contributed by atoms with Crippen molar-refractivity contribution in [3.8, 4) is 17.2 Å². The largest absolute Gasteiger partial charge is 0.481 e. The third-order valence-electron chi connectivity index (χ3n) is 6.65. The van der Waals surface area contributed by atoms with Crippen molar-refractivity contribution in [3.63, 3.8) is 0 Å². The molecule has 3 N–H and O–H groups in total. The molecule has 1 aromatic carbocycles. The predicted molar refractivity (Wildman–Crippen MR) is 135 cm³/mol. The van der Waals surface area contributed by atoms with E-state index in [2.05, 4.69) is 16.4 Å². The van der Waals surface area contributed by atoms with Gasteiger partial charge in [-0.2, -0.15) is 0 Å². The van der Waals surface area contributed by atoms with Crippen LogP contribution in [0.15, 0.2) is 47.0 Å². The number of likely N-dealkylation sites (tertiary alicyclic amines) is 1. The van der Waals surface area contributed by atoms with Crippen molar-refractivity contribution in [1.82, 2.24) is 15.2 Å². The Balaban J connectivity index is 1.65. The highest BCUT2D eigenvalue weighted by molar-refractivity contribution is 5.91. The average molecular weight is 479 g/mol. The average Bonchev–Trinajstić information content (AvgIpc) is 3.47. The molecule has 0 unspecified atom stereocenters. The molecule has 0 bridgehead atoms. The molecular weight excluding hydrogens is 444 g/mol. The normalized spacial score (nSPS) is 17.5. The molecule has 1 fully saturated rings. The fourth-order valence-corrected chi connectivity index (χ4v) is 4.72. The smallest absolute Gasteiger partial charge is 0.245 e. The molecule has 1 aliphatic rings. The van der Waals surface area contributed by atoms with Crippen molar-refractivity contribution >= 4 is 22.8 Å². The Hall–Kier alpha value is -3.39. The van der Waals surface area contributed by atoms with Crippen molar-refractivity contribution in [2.24, 2.45) is 11.7 Å². The molecule has 186 valence electrons. The van der Waals surface area contributed by atoms with E-state index in [4.69, 9.17) is 14.9 Å². The van der Waals surface area contributed by atoms with Crippen LogP contribution >= 0.6 is 0 Å². The van der Waals surface area contributed by atoms with Crippen LogP contribution in [0.5, 0.6) is 5.88 Å². The topological polar surface area (TPSA) is 111 Å². The molecule has 0 radical (unpaired) electrons. The highest BCUT2D eigenvalue weighted by Gasteiger charge is 2.36. The van der Waals surface area contributed by atoms with Crippen LogP contribution in [0.3, 0.4) is 0 Å². The van der Waals surface area contributed by atoms with Gasteiger partial charge in [0.1, 0.15) is 17.4 Å². The Morgan fingerprint density at radius 3 is 2.66 bits per heavy atom. The van der Waals surface area contributed by atoms with Gasteiger partial charge in [-0.3, -0.25) is 9.59 Å². The minimum Gasteiger partial charge on any atom is -0.481 e. The first kappa shape index (κ1) is 24.7. The number of nitrogens with zero attached hydrogens (tertiary/aromatic N) is 2. The molecule has 3 aromatic rings. The maximum Gasteiger partial charge on any atom is 0.245 e. The third kappa shape index (κ3) is 5.17. The van der Waals surface area contributed by atoms with E-state index in [9.17, 15) is 9.59 Å². The number of aromatic nitrogens is 1. The van der Waals surface area contributed by atoms with Crippen LogP contribution in [0.25, 0.3) is 22.3 Å². The molecule has 4 rings (SSSR count). The molecule has 2 amide bonds. The van der Waals surface area contributed by atoms with Gasteiger partial charge in [-0.1, -0.05) is 32.0 Å². The number of hydrogen-bond donors (Lipinski definition) is 2. The lowest BCUT2D eigenvalue weighted by Gasteiger charge is -2.31. The third-order valence-corrected chi connectivity index (χ3v) is 6.65. The molecule has 8 heteroatoms. The quantitative estimate of drug-likeness (QED) is 0.513. The molecule has 3 heterocycles. The summed E-state index contributed by atoms with van der Waals surface area (Å²) in [5.74, 6) is 0.862. The second kappa shape index (κ2) is 10.5. The number of hydrogen-bond acceptors (Lipinski definition) is 6. The Kier molecular flexibility index (Phi) is 7.40. The van der Waals surface area contributed by atoms with Gasteiger partial charge < -0.3 is 25.1 Å². The molecular formula is C27H34N4O4. The molecule has 0 aliphatic carbocycles. The lowest BCUT2D eigenvalue weighted by atomic mass is 9.97. The first-order valence-corrected chi connectivity index (χ1v) is 12.2. The van der Waals surface area contributed by atoms with Crippen molar-refractivity contribution < 1.29 is 18.7 Å². The fourth-order valence-electron chi connectivity index (χ4n) is 4.72. The Morgan fingerprint density at radius 2 is 2.00 bits per heavy atom. The summed E-state index contributed by atoms with van der Waals surface area (Å²) in [5, 5.41) is 3.89. The molecule has 1 saturated heterocycles. The number of ether oxygens (including phenoxy) is 1. The van der Waals surface area contributed by atoms with Crippen LogP contribution in [0.1, 0.15) is 39.2 Å². The fraction of sp³-hybridized carbons (Fsp3) is 0.444. The van der Waals surface area contributed by atoms with Crippen LogP contribution in [0, 0.1) is 5.92 Å². The summed E-state index contributed by atoms with van der Waals surface area (Å²) in [4.78, 5) is 32.1. The molecule has 0 spiro atoms. The minimum atomic E-state index is -0.670. The zero-order valence-electron chi connectivity index (χ0n) is 20.8. The van der Waals surface area contributed by atoms with E-state index in [1.807, 2.05) is 49.1 Å². The summed E-state index contributed by atoms with van der Waals surface area (Å²) in [6.45, 7) is 6.16. The summed E-state index contributed by atoms with van der Waals surface area (Å²) in [5.41, 5.74) is 8.45. The van der Waals surface area contributed by atoms with E-state index in [-0.39, 0.29) is 23.8 Å². The van der Waals surface area contributed by atoms with Gasteiger partial charge in [0.15, 0.2) is 0 Å². The first-order chi connectivity index (χ1) is 16.8. The number of carbonyl (C=O) groups is 2. The van der Waals surface area contributed by atoms with Gasteiger partial charge in [-0.05, 0) is 44.2 Å². The Bertz CT molecular complexity index is 1190. The first-order valence-electron chi connectivity index (χ1n) is 12.2. The molecule has 3 atom stereocenters. The maximum absolute atomic E-state index is 13.6. The molecule has 35 heavy (non-hydrogen) atoms. The zero-order chi connectivity index (χ0) is 25.1. The number of nitrogens with two attached hydrogens (primary N) is 1. The number of amides is 2. The monoisotopic (exact) mass is 478 g/mol. The van der Waals surface area contributed by atoms with E-state index < -0.39 is 12.1 Å². The Labute approximate surface area is 205 Å². The number of carbonyl (C=O) groups excluding carboxylic acids is 2. The van der Waals surface area contributed by atoms with Crippen LogP contribution in [0.2, 0.25) is 0 Å². The molecule has 1 aliphatic heterocycles. The zero-order valence-corrected chi connectivity index (χ0v) is 20.8. The number of furan rings is 1. The number of fused-ring (bicyclic) bond motifs is 1. The SMILES string of the molecule is COc1ccc(-c2oc3ccccc3c2C[C@@H]2CCCN2C(=O)[C@@H](NC(=O)[C@H](C)N)C(C)C)cn1. The van der Waals surface area contributed by atoms with E-state index in [0.29, 0.717) is 18.8 Å². The van der Waals surface area contributed by atoms with Crippen molar-refractivity contribution in [1.29, 1.82) is 0 Å². The molecule has 2 aromatic heterocycles. The van der Waals surface area contributed by atoms with E-state index in [0.717, 1.165) is 40.7 Å². The van der Waals surface area contributed by atoms with Crippen LogP contribution in [0.4, 0.5) is 0 Å². The predicted octanol–water partition coefficient (Wildman–Crippen LogP) is 3.52. The van der Waals surface area contributed by atoms with Gasteiger partial charge in [0.05, 0.1) is 13.2 Å². The van der Waals surface area contributed by atoms with Crippen LogP contribution < -0.4 is 15.8 Å². The van der Waals surface area contributed by atoms with Crippen LogP contribution in [-0.2, 0) is 16.0 Å². The van der Waals surface area contributed by atoms with Crippen molar-refractivity contribution in [2.75, 3.05) is 13.7 Å². The van der Waals surface area contributed by atoms with Gasteiger partial charge in [0.25, 0.3) is 0 Å². The van der Waals surface area contributed by atoms with Crippen LogP contribution in [-0.4, -0.2) is 53.5 Å². The van der Waals surface area contributed by atoms with Crippen molar-refractivity contribution in [3.05, 3.63) is 48.2 Å². The van der Waals surface area contributed by atoms with Gasteiger partial charge in [0.2, 0.25) is 17.7 Å². The molecule has 8 nitrogen and oxygen atoms in total. The summed E-state index contributed by atoms with van der Waals surface area (Å²) in [6.07, 6.45) is 4.20. The second-order valence-corrected chi connectivity index (χ2v) is 9.55. The highest BCUT2D eigenvalue weighted by Crippen LogP contribution is 2.36. The number of benzene rings is 1. The lowest BCUT2D eigenvalue weighted by Crippen LogP contribution is -2.55. The maximum atomic E-state index is 13.6. The number of pyridine rings is 1. The standard InChI is InChI=1S/C27H34N4O4/c1-16(2)24(30-26(32)17(3)28)27(33)31-13-7-8-19(31)14-21-20-9-5-6-10-22(20)35-25(21)18-11-12-23(34-4)29-15-18/h5-6,9-12,15-17,19,24H,7-8,13-14,28H2,1-4H3,(H,30,32)/t17-,19-,24-/m0/s1. The number of nitrogens with one attached hydrogen (secondary N) is 1. The number of rotatable bonds is 8. The number of methoxy groups -OCH3 is 1. The number of para-hydroxylation sites is 1. The molecule has 0 saturated carbocycles. The van der Waals surface area contributed by atoms with E-state index in [1.54, 1.807) is 20.2 Å². The highest BCUT2D eigenvalue weighted by atomic mass is 16.5.